The number of hydrogen-bond donors (Lipinski definition) is 3. The van der Waals surface area contributed by atoms with Gasteiger partial charge in [0.2, 0.25) is 29.4 Å². The van der Waals surface area contributed by atoms with Crippen molar-refractivity contribution in [2.24, 2.45) is 11.3 Å². The second-order valence-corrected chi connectivity index (χ2v) is 26.3. The van der Waals surface area contributed by atoms with E-state index in [4.69, 9.17) is 42.6 Å². The Kier molecular flexibility index (Phi) is 25.3. The smallest absolute Gasteiger partial charge is 0.329 e. The second kappa shape index (κ2) is 33.9. The van der Waals surface area contributed by atoms with E-state index >= 15 is 4.79 Å². The number of aromatic nitrogens is 4. The van der Waals surface area contributed by atoms with Crippen LogP contribution in [0.4, 0.5) is 0 Å². The van der Waals surface area contributed by atoms with E-state index in [1.165, 1.54) is 4.90 Å². The summed E-state index contributed by atoms with van der Waals surface area (Å²) in [7, 11) is 7.86. The first-order valence-corrected chi connectivity index (χ1v) is 33.6. The third-order valence-corrected chi connectivity index (χ3v) is 18.9. The molecule has 1 aliphatic carbocycles. The summed E-state index contributed by atoms with van der Waals surface area (Å²) in [6.07, 6.45) is 7.99. The highest BCUT2D eigenvalue weighted by atomic mass is 32.1. The molecule has 2 aromatic heterocycles. The van der Waals surface area contributed by atoms with Gasteiger partial charge in [-0.1, -0.05) is 87.7 Å². The SMILES string of the molecule is COc1ccc(CCC(OC(=O)C2CCCCN2C(=O)[C@H](c2cc(OC)c(OC)c(OC)c2)C2CCCCC2)c2cccc(OCc3cn(CCOCCOCC(=O)N[C@H](C(=O)N4C[C@H](O)C[C@H]4C(=O)NCc4ccc(-c5scnc5C)cc4)C(C)(C)C)nn3)c2)cc1OC. The number of thiazole rings is 1. The maximum absolute atomic E-state index is 15.3. The largest absolute Gasteiger partial charge is 0.493 e. The fourth-order valence-corrected chi connectivity index (χ4v) is 13.6. The molecule has 3 aliphatic rings. The standard InChI is InChI=1S/C71H92N8O15S/c1-45-65(95-44-73-45)49-25-21-47(22-26-49)39-72-67(82)56-38-53(80)41-79(56)69(84)66(71(2,3)4)74-62(81)43-92-33-32-91-31-30-77-40-52(75-76-77)42-93-54-19-15-18-50(35-54)57(27-23-46-24-28-58(86-5)59(34-46)87-6)94-70(85)55-20-13-14-29-78(55)68(83)63(48-16-11-10-12-17-48)51-36-60(88-7)64(90-9)61(37-51)89-8/h15,18-19,21-22,24-26,28,34-37,40,44,48,53,55-57,63,66,80H,10-14,16-17,20,23,27,29-33,38-39,41-43H2,1-9H3,(H,72,82)(H,74,81)/t53-,55?,56+,57?,63+,66-/m1/s1. The van der Waals surface area contributed by atoms with Gasteiger partial charge >= 0.3 is 5.97 Å². The Labute approximate surface area is 560 Å². The number of aliphatic hydroxyl groups is 1. The number of piperidine rings is 1. The molecule has 2 unspecified atom stereocenters. The lowest BCUT2D eigenvalue weighted by molar-refractivity contribution is -0.163. The third kappa shape index (κ3) is 18.6. The average Bonchev–Trinajstić information content (AvgIpc) is 1.55. The minimum Gasteiger partial charge on any atom is -0.493 e. The molecule has 23 nitrogen and oxygen atoms in total. The normalized spacial score (nSPS) is 17.7. The van der Waals surface area contributed by atoms with Gasteiger partial charge in [-0.05, 0) is 127 Å². The molecule has 24 heteroatoms. The van der Waals surface area contributed by atoms with Gasteiger partial charge in [-0.15, -0.1) is 16.4 Å². The molecular weight excluding hydrogens is 1240 g/mol. The van der Waals surface area contributed by atoms with Gasteiger partial charge in [0.25, 0.3) is 0 Å². The molecule has 6 atom stereocenters. The molecule has 4 amide bonds. The first-order chi connectivity index (χ1) is 45.9. The first kappa shape index (κ1) is 71.0. The Balaban J connectivity index is 0.763. The fourth-order valence-electron chi connectivity index (χ4n) is 12.8. The molecular formula is C71H92N8O15S. The summed E-state index contributed by atoms with van der Waals surface area (Å²) in [6, 6.07) is 22.0. The number of nitrogens with one attached hydrogen (secondary N) is 2. The zero-order chi connectivity index (χ0) is 67.6. The maximum atomic E-state index is 15.3. The topological polar surface area (TPSA) is 263 Å². The molecule has 9 rings (SSSR count). The number of nitrogens with zero attached hydrogens (tertiary/aromatic N) is 6. The van der Waals surface area contributed by atoms with E-state index in [2.05, 4.69) is 25.9 Å². The number of carbonyl (C=O) groups is 5. The predicted octanol–water partition coefficient (Wildman–Crippen LogP) is 9.14. The highest BCUT2D eigenvalue weighted by molar-refractivity contribution is 7.13. The van der Waals surface area contributed by atoms with E-state index in [0.717, 1.165) is 77.8 Å². The van der Waals surface area contributed by atoms with Crippen LogP contribution >= 0.6 is 11.3 Å². The van der Waals surface area contributed by atoms with Crippen LogP contribution in [-0.4, -0.2) is 164 Å². The molecule has 0 spiro atoms. The van der Waals surface area contributed by atoms with E-state index in [9.17, 15) is 24.3 Å². The van der Waals surface area contributed by atoms with Crippen molar-refractivity contribution in [3.05, 3.63) is 124 Å². The van der Waals surface area contributed by atoms with Gasteiger partial charge in [0.15, 0.2) is 23.0 Å². The van der Waals surface area contributed by atoms with Crippen LogP contribution in [0.5, 0.6) is 34.5 Å². The number of methoxy groups -OCH3 is 5. The number of likely N-dealkylation sites (tertiary alicyclic amines) is 2. The number of β-amino-alcohol motifs (C(OH)–C–C–N with tert-alkyl or cyclic N) is 1. The van der Waals surface area contributed by atoms with Crippen LogP contribution < -0.4 is 39.1 Å². The van der Waals surface area contributed by atoms with Crippen LogP contribution in [-0.2, 0) is 64.3 Å². The van der Waals surface area contributed by atoms with Gasteiger partial charge in [0.05, 0.1) is 96.2 Å². The molecule has 0 bridgehead atoms. The highest BCUT2D eigenvalue weighted by Crippen LogP contribution is 2.46. The minimum absolute atomic E-state index is 0.0434. The number of carbonyl (C=O) groups excluding carboxylic acids is 5. The van der Waals surface area contributed by atoms with Gasteiger partial charge in [-0.3, -0.25) is 19.2 Å². The fraction of sp³-hybridized carbons (Fsp3) is 0.521. The van der Waals surface area contributed by atoms with Gasteiger partial charge < -0.3 is 68.2 Å². The highest BCUT2D eigenvalue weighted by Gasteiger charge is 2.45. The summed E-state index contributed by atoms with van der Waals surface area (Å²) >= 11 is 1.56. The molecule has 2 saturated heterocycles. The number of ether oxygens (including phenoxy) is 9. The number of benzene rings is 4. The van der Waals surface area contributed by atoms with E-state index < -0.39 is 65.4 Å². The van der Waals surface area contributed by atoms with Crippen LogP contribution in [0.1, 0.15) is 131 Å². The summed E-state index contributed by atoms with van der Waals surface area (Å²) < 4.78 is 54.3. The zero-order valence-corrected chi connectivity index (χ0v) is 56.9. The number of hydrogen-bond acceptors (Lipinski definition) is 19. The molecule has 4 heterocycles. The Morgan fingerprint density at radius 3 is 2.15 bits per heavy atom. The molecule has 95 heavy (non-hydrogen) atoms. The number of amides is 4. The molecule has 4 aromatic carbocycles. The number of esters is 1. The molecule has 1 saturated carbocycles. The summed E-state index contributed by atoms with van der Waals surface area (Å²) in [4.78, 5) is 79.6. The summed E-state index contributed by atoms with van der Waals surface area (Å²) in [6.45, 7) is 8.69. The third-order valence-electron chi connectivity index (χ3n) is 17.9. The zero-order valence-electron chi connectivity index (χ0n) is 56.1. The Morgan fingerprint density at radius 1 is 0.737 bits per heavy atom. The second-order valence-electron chi connectivity index (χ2n) is 25.5. The maximum Gasteiger partial charge on any atom is 0.329 e. The number of aryl methyl sites for hydroxylation is 2. The van der Waals surface area contributed by atoms with Crippen molar-refractivity contribution in [2.45, 2.75) is 154 Å². The van der Waals surface area contributed by atoms with Crippen molar-refractivity contribution in [2.75, 3.05) is 75.1 Å². The summed E-state index contributed by atoms with van der Waals surface area (Å²) in [5.74, 6) is 0.629. The number of rotatable bonds is 31. The lowest BCUT2D eigenvalue weighted by atomic mass is 9.75. The van der Waals surface area contributed by atoms with Gasteiger partial charge in [-0.2, -0.15) is 0 Å². The van der Waals surface area contributed by atoms with Crippen molar-refractivity contribution in [3.63, 3.8) is 0 Å². The van der Waals surface area contributed by atoms with Gasteiger partial charge in [0, 0.05) is 26.1 Å². The predicted molar refractivity (Wildman–Crippen MR) is 356 cm³/mol. The quantitative estimate of drug-likeness (QED) is 0.0270. The molecule has 0 radical (unpaired) electrons. The van der Waals surface area contributed by atoms with Gasteiger partial charge in [0.1, 0.15) is 48.9 Å². The van der Waals surface area contributed by atoms with Crippen LogP contribution in [0.2, 0.25) is 0 Å². The molecule has 6 aromatic rings. The lowest BCUT2D eigenvalue weighted by Crippen LogP contribution is -2.58. The summed E-state index contributed by atoms with van der Waals surface area (Å²) in [5.41, 5.74) is 6.92. The lowest BCUT2D eigenvalue weighted by Gasteiger charge is -2.40. The molecule has 3 N–H and O–H groups in total. The minimum atomic E-state index is -1.01. The van der Waals surface area contributed by atoms with Crippen LogP contribution in [0.25, 0.3) is 10.4 Å². The molecule has 3 fully saturated rings. The first-order valence-electron chi connectivity index (χ1n) is 32.7. The number of aliphatic hydroxyl groups excluding tert-OH is 1. The monoisotopic (exact) mass is 1330 g/mol. The van der Waals surface area contributed by atoms with E-state index in [0.29, 0.717) is 78.1 Å². The summed E-state index contributed by atoms with van der Waals surface area (Å²) in [5, 5.41) is 25.0. The van der Waals surface area contributed by atoms with Crippen molar-refractivity contribution >= 4 is 40.9 Å². The van der Waals surface area contributed by atoms with Crippen LogP contribution in [0, 0.1) is 18.3 Å². The molecule has 2 aliphatic heterocycles. The Hall–Kier alpha value is -8.32. The van der Waals surface area contributed by atoms with Crippen molar-refractivity contribution in [1.29, 1.82) is 0 Å². The van der Waals surface area contributed by atoms with E-state index in [-0.39, 0.29) is 64.4 Å². The Bertz CT molecular complexity index is 3510. The van der Waals surface area contributed by atoms with Gasteiger partial charge in [-0.25, -0.2) is 14.5 Å². The molecule has 512 valence electrons. The van der Waals surface area contributed by atoms with Crippen molar-refractivity contribution < 1.29 is 71.7 Å². The van der Waals surface area contributed by atoms with Crippen molar-refractivity contribution in [1.82, 2.24) is 40.4 Å². The van der Waals surface area contributed by atoms with Crippen LogP contribution in [0.15, 0.2) is 90.6 Å². The van der Waals surface area contributed by atoms with Crippen molar-refractivity contribution in [3.8, 4) is 44.9 Å². The van der Waals surface area contributed by atoms with E-state index in [1.54, 1.807) is 62.7 Å². The Morgan fingerprint density at radius 2 is 1.45 bits per heavy atom. The average molecular weight is 1330 g/mol. The van der Waals surface area contributed by atoms with Crippen LogP contribution in [0.3, 0.4) is 0 Å². The van der Waals surface area contributed by atoms with E-state index in [1.807, 2.05) is 112 Å².